The average Bonchev–Trinajstić information content (AvgIpc) is 2.77. The van der Waals surface area contributed by atoms with E-state index in [-0.39, 0.29) is 6.04 Å². The zero-order chi connectivity index (χ0) is 12.5. The summed E-state index contributed by atoms with van der Waals surface area (Å²) in [7, 11) is 0. The minimum Gasteiger partial charge on any atom is -0.381 e. The average molecular weight is 249 g/mol. The third-order valence-corrected chi connectivity index (χ3v) is 2.57. The van der Waals surface area contributed by atoms with Crippen molar-refractivity contribution in [3.8, 4) is 0 Å². The highest BCUT2D eigenvalue weighted by atomic mass is 19.4. The van der Waals surface area contributed by atoms with Gasteiger partial charge in [-0.3, -0.25) is 4.79 Å². The minimum atomic E-state index is -4.91. The quantitative estimate of drug-likeness (QED) is 0.743. The number of halogens is 3. The van der Waals surface area contributed by atoms with Crippen molar-refractivity contribution in [2.24, 2.45) is 0 Å². The molecule has 0 aliphatic carbocycles. The Hall–Kier alpha value is -1.44. The molecule has 2 heterocycles. The Morgan fingerprint density at radius 1 is 1.41 bits per heavy atom. The molecule has 0 amide bonds. The number of hydrogen-bond donors (Lipinski definition) is 0. The van der Waals surface area contributed by atoms with Crippen LogP contribution in [0.25, 0.3) is 0 Å². The Bertz CT molecular complexity index is 410. The van der Waals surface area contributed by atoms with Gasteiger partial charge in [-0.25, -0.2) is 4.68 Å². The largest absolute Gasteiger partial charge is 0.456 e. The highest BCUT2D eigenvalue weighted by molar-refractivity contribution is 5.98. The summed E-state index contributed by atoms with van der Waals surface area (Å²) in [5.74, 6) is -1.96. The van der Waals surface area contributed by atoms with Crippen LogP contribution in [0.1, 0.15) is 29.4 Å². The zero-order valence-corrected chi connectivity index (χ0v) is 8.78. The van der Waals surface area contributed by atoms with E-state index in [1.165, 1.54) is 4.68 Å². The van der Waals surface area contributed by atoms with Crippen LogP contribution in [-0.4, -0.2) is 40.2 Å². The third-order valence-electron chi connectivity index (χ3n) is 2.57. The monoisotopic (exact) mass is 249 g/mol. The van der Waals surface area contributed by atoms with Gasteiger partial charge >= 0.3 is 6.18 Å². The number of carbonyl (C=O) groups is 1. The van der Waals surface area contributed by atoms with E-state index in [4.69, 9.17) is 4.74 Å². The topological polar surface area (TPSA) is 57.0 Å². The lowest BCUT2D eigenvalue weighted by Crippen LogP contribution is -2.23. The summed E-state index contributed by atoms with van der Waals surface area (Å²) < 4.78 is 42.8. The van der Waals surface area contributed by atoms with E-state index in [0.717, 1.165) is 6.20 Å². The van der Waals surface area contributed by atoms with Crippen LogP contribution in [0.3, 0.4) is 0 Å². The first-order valence-corrected chi connectivity index (χ1v) is 5.09. The van der Waals surface area contributed by atoms with E-state index in [9.17, 15) is 18.0 Å². The third kappa shape index (κ3) is 2.63. The van der Waals surface area contributed by atoms with Gasteiger partial charge in [-0.1, -0.05) is 5.21 Å². The predicted molar refractivity (Wildman–Crippen MR) is 49.5 cm³/mol. The number of ketones is 1. The molecule has 1 aliphatic rings. The van der Waals surface area contributed by atoms with E-state index in [1.54, 1.807) is 0 Å². The van der Waals surface area contributed by atoms with Crippen LogP contribution in [-0.2, 0) is 4.74 Å². The summed E-state index contributed by atoms with van der Waals surface area (Å²) in [4.78, 5) is 10.9. The lowest BCUT2D eigenvalue weighted by Gasteiger charge is -2.21. The molecule has 0 N–H and O–H groups in total. The standard InChI is InChI=1S/C9H10F3N3O2/c10-9(11,12)8(16)7-5-15(14-13-7)6-1-3-17-4-2-6/h5-6H,1-4H2. The van der Waals surface area contributed by atoms with Crippen molar-refractivity contribution < 1.29 is 22.7 Å². The van der Waals surface area contributed by atoms with Crippen molar-refractivity contribution in [2.45, 2.75) is 25.1 Å². The summed E-state index contributed by atoms with van der Waals surface area (Å²) in [5.41, 5.74) is -0.663. The number of ether oxygens (including phenoxy) is 1. The van der Waals surface area contributed by atoms with Crippen molar-refractivity contribution in [1.82, 2.24) is 15.0 Å². The molecule has 0 bridgehead atoms. The second kappa shape index (κ2) is 4.44. The molecular weight excluding hydrogens is 239 g/mol. The molecule has 0 unspecified atom stereocenters. The number of alkyl halides is 3. The highest BCUT2D eigenvalue weighted by Gasteiger charge is 2.41. The second-order valence-electron chi connectivity index (χ2n) is 3.75. The number of nitrogens with zero attached hydrogens (tertiary/aromatic N) is 3. The molecule has 0 spiro atoms. The van der Waals surface area contributed by atoms with E-state index in [2.05, 4.69) is 10.3 Å². The van der Waals surface area contributed by atoms with Gasteiger partial charge < -0.3 is 4.74 Å². The highest BCUT2D eigenvalue weighted by Crippen LogP contribution is 2.23. The molecule has 0 radical (unpaired) electrons. The fraction of sp³-hybridized carbons (Fsp3) is 0.667. The van der Waals surface area contributed by atoms with Gasteiger partial charge in [0.2, 0.25) is 0 Å². The smallest absolute Gasteiger partial charge is 0.381 e. The second-order valence-corrected chi connectivity index (χ2v) is 3.75. The molecule has 17 heavy (non-hydrogen) atoms. The van der Waals surface area contributed by atoms with E-state index in [0.29, 0.717) is 26.1 Å². The fourth-order valence-corrected chi connectivity index (χ4v) is 1.65. The SMILES string of the molecule is O=C(c1cn(C2CCOCC2)nn1)C(F)(F)F. The molecule has 1 aliphatic heterocycles. The van der Waals surface area contributed by atoms with Crippen molar-refractivity contribution >= 4 is 5.78 Å². The summed E-state index contributed by atoms with van der Waals surface area (Å²) in [6.45, 7) is 1.07. The first-order valence-electron chi connectivity index (χ1n) is 5.09. The normalized spacial score (nSPS) is 18.3. The number of carbonyl (C=O) groups excluding carboxylic acids is 1. The maximum absolute atomic E-state index is 12.1. The summed E-state index contributed by atoms with van der Waals surface area (Å²) in [6.07, 6.45) is -2.55. The maximum Gasteiger partial charge on any atom is 0.456 e. The molecule has 1 aromatic rings. The number of Topliss-reactive ketones (excluding diaryl/α,β-unsaturated/α-hetero) is 1. The van der Waals surface area contributed by atoms with Crippen LogP contribution >= 0.6 is 0 Å². The fourth-order valence-electron chi connectivity index (χ4n) is 1.65. The Balaban J connectivity index is 2.12. The van der Waals surface area contributed by atoms with Crippen LogP contribution in [0, 0.1) is 0 Å². The van der Waals surface area contributed by atoms with Gasteiger partial charge in [0.05, 0.1) is 12.2 Å². The van der Waals surface area contributed by atoms with Gasteiger partial charge in [0.1, 0.15) is 0 Å². The number of aromatic nitrogens is 3. The van der Waals surface area contributed by atoms with Gasteiger partial charge in [-0.2, -0.15) is 13.2 Å². The molecule has 0 saturated carbocycles. The molecule has 0 aromatic carbocycles. The lowest BCUT2D eigenvalue weighted by molar-refractivity contribution is -0.0888. The van der Waals surface area contributed by atoms with Crippen LogP contribution in [0.15, 0.2) is 6.20 Å². The lowest BCUT2D eigenvalue weighted by atomic mass is 10.1. The van der Waals surface area contributed by atoms with Crippen LogP contribution in [0.2, 0.25) is 0 Å². The van der Waals surface area contributed by atoms with E-state index in [1.807, 2.05) is 0 Å². The van der Waals surface area contributed by atoms with Crippen molar-refractivity contribution in [3.63, 3.8) is 0 Å². The number of hydrogen-bond acceptors (Lipinski definition) is 4. The van der Waals surface area contributed by atoms with Gasteiger partial charge in [-0.15, -0.1) is 5.10 Å². The van der Waals surface area contributed by atoms with Crippen molar-refractivity contribution in [2.75, 3.05) is 13.2 Å². The molecule has 94 valence electrons. The predicted octanol–water partition coefficient (Wildman–Crippen LogP) is 1.37. The van der Waals surface area contributed by atoms with Gasteiger partial charge in [-0.05, 0) is 12.8 Å². The van der Waals surface area contributed by atoms with Crippen LogP contribution in [0.4, 0.5) is 13.2 Å². The first-order chi connectivity index (χ1) is 7.98. The molecule has 2 rings (SSSR count). The Labute approximate surface area is 94.5 Å². The molecule has 1 saturated heterocycles. The van der Waals surface area contributed by atoms with Crippen molar-refractivity contribution in [3.05, 3.63) is 11.9 Å². The minimum absolute atomic E-state index is 0.0500. The molecule has 8 heteroatoms. The molecule has 5 nitrogen and oxygen atoms in total. The van der Waals surface area contributed by atoms with E-state index >= 15 is 0 Å². The molecular formula is C9H10F3N3O2. The molecule has 1 aromatic heterocycles. The Morgan fingerprint density at radius 2 is 2.06 bits per heavy atom. The van der Waals surface area contributed by atoms with Gasteiger partial charge in [0.15, 0.2) is 5.69 Å². The van der Waals surface area contributed by atoms with Gasteiger partial charge in [0, 0.05) is 13.2 Å². The first kappa shape index (κ1) is 12.0. The molecule has 0 atom stereocenters. The Kier molecular flexibility index (Phi) is 3.14. The van der Waals surface area contributed by atoms with Crippen molar-refractivity contribution in [1.29, 1.82) is 0 Å². The van der Waals surface area contributed by atoms with Crippen LogP contribution < -0.4 is 0 Å². The number of rotatable bonds is 2. The van der Waals surface area contributed by atoms with Gasteiger partial charge in [0.25, 0.3) is 5.78 Å². The summed E-state index contributed by atoms with van der Waals surface area (Å²) in [6, 6.07) is -0.0500. The van der Waals surface area contributed by atoms with E-state index < -0.39 is 17.7 Å². The molecule has 1 fully saturated rings. The maximum atomic E-state index is 12.1. The van der Waals surface area contributed by atoms with Crippen LogP contribution in [0.5, 0.6) is 0 Å². The Morgan fingerprint density at radius 3 is 2.65 bits per heavy atom. The summed E-state index contributed by atoms with van der Waals surface area (Å²) in [5, 5.41) is 6.83. The summed E-state index contributed by atoms with van der Waals surface area (Å²) >= 11 is 0. The zero-order valence-electron chi connectivity index (χ0n) is 8.78.